The second-order valence-corrected chi connectivity index (χ2v) is 4.52. The molecule has 2 N–H and O–H groups in total. The Bertz CT molecular complexity index is 560. The highest BCUT2D eigenvalue weighted by Gasteiger charge is 2.07. The minimum atomic E-state index is -0.0716. The first kappa shape index (κ1) is 13.1. The third-order valence-electron chi connectivity index (χ3n) is 2.44. The Morgan fingerprint density at radius 2 is 2.11 bits per heavy atom. The van der Waals surface area contributed by atoms with Gasteiger partial charge in [0.05, 0.1) is 11.9 Å². The van der Waals surface area contributed by atoms with Crippen LogP contribution in [0.25, 0.3) is 0 Å². The lowest BCUT2D eigenvalue weighted by Crippen LogP contribution is -2.18. The van der Waals surface area contributed by atoms with Gasteiger partial charge in [0.25, 0.3) is 0 Å². The maximum atomic E-state index is 11.5. The molecule has 0 aliphatic rings. The second-order valence-electron chi connectivity index (χ2n) is 4.52. The summed E-state index contributed by atoms with van der Waals surface area (Å²) in [5, 5.41) is 9.59. The summed E-state index contributed by atoms with van der Waals surface area (Å²) in [5.74, 6) is 1.76. The lowest BCUT2D eigenvalue weighted by Gasteiger charge is -2.07. The van der Waals surface area contributed by atoms with Crippen LogP contribution >= 0.6 is 0 Å². The lowest BCUT2D eigenvalue weighted by molar-refractivity contribution is -0.118. The summed E-state index contributed by atoms with van der Waals surface area (Å²) in [5.41, 5.74) is 0.774. The van der Waals surface area contributed by atoms with Crippen LogP contribution in [-0.2, 0) is 4.79 Å². The molecule has 2 rings (SSSR count). The number of anilines is 3. The fraction of sp³-hybridized carbons (Fsp3) is 0.308. The molecule has 0 fully saturated rings. The molecular weight excluding hydrogens is 244 g/mol. The number of hydrogen-bond acceptors (Lipinski definition) is 5. The van der Waals surface area contributed by atoms with Gasteiger partial charge >= 0.3 is 0 Å². The summed E-state index contributed by atoms with van der Waals surface area (Å²) in [6, 6.07) is 5.33. The number of nitrogens with zero attached hydrogens (tertiary/aromatic N) is 2. The van der Waals surface area contributed by atoms with E-state index in [0.29, 0.717) is 11.6 Å². The van der Waals surface area contributed by atoms with Crippen molar-refractivity contribution in [1.29, 1.82) is 0 Å². The molecule has 0 unspecified atom stereocenters. The first-order valence-electron chi connectivity index (χ1n) is 6.02. The van der Waals surface area contributed by atoms with Gasteiger partial charge in [0.15, 0.2) is 5.82 Å². The highest BCUT2D eigenvalue weighted by Crippen LogP contribution is 2.16. The molecule has 0 saturated heterocycles. The highest BCUT2D eigenvalue weighted by atomic mass is 16.5. The quantitative estimate of drug-likeness (QED) is 0.883. The molecule has 100 valence electrons. The molecule has 0 aliphatic carbocycles. The molecule has 0 radical (unpaired) electrons. The number of rotatable bonds is 4. The maximum absolute atomic E-state index is 11.5. The van der Waals surface area contributed by atoms with Crippen LogP contribution in [0.5, 0.6) is 0 Å². The number of nitrogens with one attached hydrogen (secondary N) is 2. The summed E-state index contributed by atoms with van der Waals surface area (Å²) in [4.78, 5) is 15.7. The van der Waals surface area contributed by atoms with Crippen molar-refractivity contribution >= 4 is 23.2 Å². The Hall–Kier alpha value is -2.37. The van der Waals surface area contributed by atoms with Crippen molar-refractivity contribution in [3.63, 3.8) is 0 Å². The van der Waals surface area contributed by atoms with Crippen molar-refractivity contribution in [2.45, 2.75) is 20.8 Å². The average Bonchev–Trinajstić information content (AvgIpc) is 2.77. The Morgan fingerprint density at radius 1 is 1.32 bits per heavy atom. The molecular formula is C13H16N4O2. The van der Waals surface area contributed by atoms with Gasteiger partial charge in [-0.2, -0.15) is 0 Å². The molecule has 6 heteroatoms. The van der Waals surface area contributed by atoms with Crippen LogP contribution in [0.1, 0.15) is 19.6 Å². The van der Waals surface area contributed by atoms with Crippen LogP contribution in [0.4, 0.5) is 17.3 Å². The highest BCUT2D eigenvalue weighted by molar-refractivity contribution is 5.91. The van der Waals surface area contributed by atoms with Crippen molar-refractivity contribution < 1.29 is 9.32 Å². The van der Waals surface area contributed by atoms with E-state index in [9.17, 15) is 4.79 Å². The minimum Gasteiger partial charge on any atom is -0.360 e. The van der Waals surface area contributed by atoms with Gasteiger partial charge in [-0.1, -0.05) is 19.0 Å². The molecule has 6 nitrogen and oxygen atoms in total. The smallest absolute Gasteiger partial charge is 0.228 e. The largest absolute Gasteiger partial charge is 0.360 e. The number of aromatic nitrogens is 2. The van der Waals surface area contributed by atoms with Crippen molar-refractivity contribution in [1.82, 2.24) is 10.1 Å². The average molecular weight is 260 g/mol. The third-order valence-corrected chi connectivity index (χ3v) is 2.44. The Labute approximate surface area is 111 Å². The topological polar surface area (TPSA) is 80.0 Å². The molecule has 19 heavy (non-hydrogen) atoms. The molecule has 0 saturated carbocycles. The summed E-state index contributed by atoms with van der Waals surface area (Å²) in [7, 11) is 0. The number of hydrogen-bond donors (Lipinski definition) is 2. The molecule has 0 atom stereocenters. The molecule has 0 spiro atoms. The van der Waals surface area contributed by atoms with Crippen molar-refractivity contribution in [2.75, 3.05) is 10.6 Å². The van der Waals surface area contributed by atoms with Gasteiger partial charge in [-0.05, 0) is 19.1 Å². The van der Waals surface area contributed by atoms with Gasteiger partial charge < -0.3 is 15.2 Å². The van der Waals surface area contributed by atoms with E-state index in [-0.39, 0.29) is 11.8 Å². The van der Waals surface area contributed by atoms with E-state index >= 15 is 0 Å². The minimum absolute atomic E-state index is 0.0552. The zero-order chi connectivity index (χ0) is 13.8. The number of carbonyl (C=O) groups excluding carboxylic acids is 1. The van der Waals surface area contributed by atoms with Crippen LogP contribution in [0, 0.1) is 12.8 Å². The van der Waals surface area contributed by atoms with Crippen molar-refractivity contribution in [3.8, 4) is 0 Å². The van der Waals surface area contributed by atoms with Gasteiger partial charge in [-0.25, -0.2) is 4.98 Å². The first-order valence-corrected chi connectivity index (χ1v) is 6.02. The van der Waals surface area contributed by atoms with E-state index in [0.717, 1.165) is 11.4 Å². The molecule has 0 aliphatic heterocycles. The molecule has 2 aromatic rings. The zero-order valence-electron chi connectivity index (χ0n) is 11.1. The normalized spacial score (nSPS) is 10.5. The van der Waals surface area contributed by atoms with Gasteiger partial charge in [0.1, 0.15) is 11.6 Å². The van der Waals surface area contributed by atoms with Gasteiger partial charge in [0.2, 0.25) is 5.91 Å². The Morgan fingerprint density at radius 3 is 2.63 bits per heavy atom. The summed E-state index contributed by atoms with van der Waals surface area (Å²) < 4.78 is 4.95. The van der Waals surface area contributed by atoms with E-state index in [1.165, 1.54) is 0 Å². The van der Waals surface area contributed by atoms with Crippen LogP contribution in [0.3, 0.4) is 0 Å². The van der Waals surface area contributed by atoms with E-state index in [4.69, 9.17) is 4.52 Å². The predicted octanol–water partition coefficient (Wildman–Crippen LogP) is 2.72. The predicted molar refractivity (Wildman–Crippen MR) is 72.2 cm³/mol. The molecule has 0 aromatic carbocycles. The molecule has 2 heterocycles. The van der Waals surface area contributed by atoms with E-state index in [1.807, 2.05) is 26.8 Å². The lowest BCUT2D eigenvalue weighted by atomic mass is 10.2. The number of aryl methyl sites for hydroxylation is 1. The molecule has 1 amide bonds. The standard InChI is InChI=1S/C13H16N4O2/c1-8(2)13(18)16-11-5-4-10(7-14-11)15-12-6-9(3)19-17-12/h4-8H,1-3H3,(H,15,17)(H,14,16,18). The fourth-order valence-corrected chi connectivity index (χ4v) is 1.39. The number of carbonyl (C=O) groups is 1. The molecule has 0 bridgehead atoms. The van der Waals surface area contributed by atoms with Crippen LogP contribution < -0.4 is 10.6 Å². The van der Waals surface area contributed by atoms with E-state index < -0.39 is 0 Å². The summed E-state index contributed by atoms with van der Waals surface area (Å²) >= 11 is 0. The zero-order valence-corrected chi connectivity index (χ0v) is 11.1. The monoisotopic (exact) mass is 260 g/mol. The Balaban J connectivity index is 2.00. The third kappa shape index (κ3) is 3.54. The van der Waals surface area contributed by atoms with Crippen LogP contribution in [0.15, 0.2) is 28.9 Å². The second kappa shape index (κ2) is 5.51. The Kier molecular flexibility index (Phi) is 3.79. The van der Waals surface area contributed by atoms with Gasteiger partial charge in [-0.3, -0.25) is 4.79 Å². The SMILES string of the molecule is Cc1cc(Nc2ccc(NC(=O)C(C)C)nc2)no1. The first-order chi connectivity index (χ1) is 9.04. The van der Waals surface area contributed by atoms with Gasteiger partial charge in [0, 0.05) is 12.0 Å². The van der Waals surface area contributed by atoms with E-state index in [1.54, 1.807) is 18.3 Å². The van der Waals surface area contributed by atoms with Crippen LogP contribution in [-0.4, -0.2) is 16.0 Å². The van der Waals surface area contributed by atoms with E-state index in [2.05, 4.69) is 20.8 Å². The summed E-state index contributed by atoms with van der Waals surface area (Å²) in [6.45, 7) is 5.48. The van der Waals surface area contributed by atoms with Crippen molar-refractivity contribution in [3.05, 3.63) is 30.2 Å². The molecule has 2 aromatic heterocycles. The number of pyridine rings is 1. The summed E-state index contributed by atoms with van der Waals surface area (Å²) in [6.07, 6.45) is 1.62. The van der Waals surface area contributed by atoms with Crippen molar-refractivity contribution in [2.24, 2.45) is 5.92 Å². The fourth-order valence-electron chi connectivity index (χ4n) is 1.39. The maximum Gasteiger partial charge on any atom is 0.228 e. The van der Waals surface area contributed by atoms with Crippen LogP contribution in [0.2, 0.25) is 0 Å². The van der Waals surface area contributed by atoms with Gasteiger partial charge in [-0.15, -0.1) is 0 Å². The number of amides is 1.